The van der Waals surface area contributed by atoms with E-state index in [4.69, 9.17) is 9.47 Å². The van der Waals surface area contributed by atoms with Crippen LogP contribution in [-0.2, 0) is 15.9 Å². The maximum atomic E-state index is 9.51. The normalized spacial score (nSPS) is 15.3. The molecule has 2 atom stereocenters. The first kappa shape index (κ1) is 24.5. The number of aromatic nitrogens is 2. The molecule has 188 valence electrons. The molecule has 1 heterocycles. The third-order valence-electron chi connectivity index (χ3n) is 7.32. The van der Waals surface area contributed by atoms with Gasteiger partial charge >= 0.3 is 0 Å². The fourth-order valence-electron chi connectivity index (χ4n) is 5.26. The van der Waals surface area contributed by atoms with Gasteiger partial charge in [-0.1, -0.05) is 71.8 Å². The van der Waals surface area contributed by atoms with Gasteiger partial charge in [-0.2, -0.15) is 0 Å². The van der Waals surface area contributed by atoms with E-state index in [0.29, 0.717) is 31.4 Å². The monoisotopic (exact) mass is 483 g/mol. The summed E-state index contributed by atoms with van der Waals surface area (Å²) in [5, 5.41) is 9.51. The molecule has 1 aromatic heterocycles. The average molecular weight is 484 g/mol. The van der Waals surface area contributed by atoms with Gasteiger partial charge in [-0.3, -0.25) is 5.41 Å². The van der Waals surface area contributed by atoms with Crippen molar-refractivity contribution in [2.75, 3.05) is 26.9 Å². The number of ether oxygens (including phenoxy) is 2. The highest BCUT2D eigenvalue weighted by Gasteiger charge is 2.36. The van der Waals surface area contributed by atoms with E-state index in [0.717, 1.165) is 17.5 Å². The summed E-state index contributed by atoms with van der Waals surface area (Å²) in [5.74, 6) is 0.564. The smallest absolute Gasteiger partial charge is 0.203 e. The first-order chi connectivity index (χ1) is 17.6. The predicted octanol–water partition coefficient (Wildman–Crippen LogP) is 5.99. The molecule has 0 amide bonds. The second kappa shape index (κ2) is 10.9. The maximum Gasteiger partial charge on any atom is 0.203 e. The quantitative estimate of drug-likeness (QED) is 0.267. The Hall–Kier alpha value is -3.15. The van der Waals surface area contributed by atoms with Crippen LogP contribution in [0.15, 0.2) is 72.8 Å². The molecule has 1 saturated carbocycles. The van der Waals surface area contributed by atoms with Crippen molar-refractivity contribution < 1.29 is 9.47 Å². The second-order valence-electron chi connectivity index (χ2n) is 10.2. The molecule has 0 bridgehead atoms. The minimum atomic E-state index is 0.00100. The van der Waals surface area contributed by atoms with Gasteiger partial charge in [0.15, 0.2) is 0 Å². The topological polar surface area (TPSA) is 52.2 Å². The fraction of sp³-hybridized carbons (Fsp3) is 0.387. The molecule has 1 fully saturated rings. The highest BCUT2D eigenvalue weighted by atomic mass is 16.5. The van der Waals surface area contributed by atoms with Crippen LogP contribution >= 0.6 is 0 Å². The molecular formula is C31H37N3O2. The number of fused-ring (bicyclic) bond motifs is 1. The Bertz CT molecular complexity index is 1350. The molecule has 4 aromatic rings. The summed E-state index contributed by atoms with van der Waals surface area (Å²) in [5.41, 5.74) is 7.80. The number of imidazole rings is 1. The Morgan fingerprint density at radius 3 is 2.06 bits per heavy atom. The summed E-state index contributed by atoms with van der Waals surface area (Å²) >= 11 is 0. The average Bonchev–Trinajstić information content (AvgIpc) is 3.68. The van der Waals surface area contributed by atoms with Crippen molar-refractivity contribution >= 4 is 11.0 Å². The van der Waals surface area contributed by atoms with Crippen molar-refractivity contribution in [2.45, 2.75) is 45.2 Å². The van der Waals surface area contributed by atoms with E-state index in [1.54, 1.807) is 7.11 Å². The third kappa shape index (κ3) is 5.18. The number of hydrogen-bond donors (Lipinski definition) is 1. The molecule has 0 saturated heterocycles. The van der Waals surface area contributed by atoms with Crippen LogP contribution in [0.2, 0.25) is 0 Å². The van der Waals surface area contributed by atoms with Crippen LogP contribution in [-0.4, -0.2) is 36.1 Å². The van der Waals surface area contributed by atoms with Crippen molar-refractivity contribution in [1.82, 2.24) is 9.13 Å². The summed E-state index contributed by atoms with van der Waals surface area (Å²) < 4.78 is 15.8. The fourth-order valence-corrected chi connectivity index (χ4v) is 5.26. The van der Waals surface area contributed by atoms with Gasteiger partial charge in [0.2, 0.25) is 5.62 Å². The van der Waals surface area contributed by atoms with E-state index in [1.807, 2.05) is 0 Å². The largest absolute Gasteiger partial charge is 0.382 e. The molecule has 5 rings (SSSR count). The van der Waals surface area contributed by atoms with Gasteiger partial charge < -0.3 is 18.6 Å². The zero-order valence-electron chi connectivity index (χ0n) is 21.6. The van der Waals surface area contributed by atoms with Crippen LogP contribution in [0.4, 0.5) is 0 Å². The summed E-state index contributed by atoms with van der Waals surface area (Å²) in [6.07, 6.45) is 3.21. The minimum Gasteiger partial charge on any atom is -0.382 e. The van der Waals surface area contributed by atoms with Gasteiger partial charge in [0, 0.05) is 7.11 Å². The molecule has 2 unspecified atom stereocenters. The van der Waals surface area contributed by atoms with Crippen LogP contribution in [0.3, 0.4) is 0 Å². The zero-order chi connectivity index (χ0) is 25.1. The van der Waals surface area contributed by atoms with Crippen molar-refractivity contribution in [3.63, 3.8) is 0 Å². The van der Waals surface area contributed by atoms with Gasteiger partial charge in [0.1, 0.15) is 0 Å². The van der Waals surface area contributed by atoms with E-state index in [9.17, 15) is 5.41 Å². The number of benzene rings is 3. The number of hydrogen-bond acceptors (Lipinski definition) is 3. The zero-order valence-corrected chi connectivity index (χ0v) is 21.6. The maximum absolute atomic E-state index is 9.51. The lowest BCUT2D eigenvalue weighted by Crippen LogP contribution is -2.33. The summed E-state index contributed by atoms with van der Waals surface area (Å²) in [6, 6.07) is 26.2. The van der Waals surface area contributed by atoms with E-state index in [2.05, 4.69) is 95.8 Å². The van der Waals surface area contributed by atoms with Crippen molar-refractivity contribution in [3.8, 4) is 0 Å². The van der Waals surface area contributed by atoms with E-state index in [1.165, 1.54) is 35.1 Å². The van der Waals surface area contributed by atoms with Crippen LogP contribution in [0.25, 0.3) is 11.0 Å². The molecule has 0 aliphatic heterocycles. The SMILES string of the molecule is COCCOCC(Cc1ccc(C)cc1)n1c(=N)n(C(c2ccc(C)cc2)C2CC2)c2ccccc21. The number of para-hydroxylation sites is 2. The molecular weight excluding hydrogens is 446 g/mol. The molecule has 1 aliphatic rings. The summed E-state index contributed by atoms with van der Waals surface area (Å²) in [7, 11) is 1.69. The summed E-state index contributed by atoms with van der Waals surface area (Å²) in [4.78, 5) is 0. The van der Waals surface area contributed by atoms with Crippen LogP contribution < -0.4 is 5.62 Å². The standard InChI is InChI=1S/C31H37N3O2/c1-22-8-12-24(13-9-22)20-27(21-36-19-18-35-3)33-28-6-4-5-7-29(28)34(31(33)32)30(26-16-17-26)25-14-10-23(2)11-15-25/h4-15,26-27,30,32H,16-21H2,1-3H3. The molecule has 1 aliphatic carbocycles. The molecule has 0 spiro atoms. The van der Waals surface area contributed by atoms with Gasteiger partial charge in [-0.05, 0) is 62.3 Å². The summed E-state index contributed by atoms with van der Waals surface area (Å²) in [6.45, 7) is 5.88. The van der Waals surface area contributed by atoms with Crippen molar-refractivity contribution in [1.29, 1.82) is 5.41 Å². The molecule has 3 aromatic carbocycles. The van der Waals surface area contributed by atoms with Crippen molar-refractivity contribution in [3.05, 3.63) is 101 Å². The van der Waals surface area contributed by atoms with E-state index < -0.39 is 0 Å². The van der Waals surface area contributed by atoms with Crippen molar-refractivity contribution in [2.24, 2.45) is 5.92 Å². The van der Waals surface area contributed by atoms with E-state index in [-0.39, 0.29) is 12.1 Å². The molecule has 5 nitrogen and oxygen atoms in total. The van der Waals surface area contributed by atoms with E-state index >= 15 is 0 Å². The van der Waals surface area contributed by atoms with Gasteiger partial charge in [0.25, 0.3) is 0 Å². The van der Waals surface area contributed by atoms with Crippen LogP contribution in [0.1, 0.15) is 47.2 Å². The Labute approximate surface area is 213 Å². The molecule has 0 radical (unpaired) electrons. The lowest BCUT2D eigenvalue weighted by atomic mass is 10.0. The Balaban J connectivity index is 1.61. The molecule has 36 heavy (non-hydrogen) atoms. The lowest BCUT2D eigenvalue weighted by molar-refractivity contribution is 0.0531. The molecule has 1 N–H and O–H groups in total. The van der Waals surface area contributed by atoms with Crippen LogP contribution in [0.5, 0.6) is 0 Å². The molecule has 5 heteroatoms. The van der Waals surface area contributed by atoms with Gasteiger partial charge in [-0.15, -0.1) is 0 Å². The minimum absolute atomic E-state index is 0.00100. The number of methoxy groups -OCH3 is 1. The number of nitrogens with zero attached hydrogens (tertiary/aromatic N) is 2. The Kier molecular flexibility index (Phi) is 7.40. The number of aryl methyl sites for hydroxylation is 2. The highest BCUT2D eigenvalue weighted by molar-refractivity contribution is 5.76. The van der Waals surface area contributed by atoms with Gasteiger partial charge in [0.05, 0.1) is 42.9 Å². The Morgan fingerprint density at radius 2 is 1.44 bits per heavy atom. The first-order valence-corrected chi connectivity index (χ1v) is 13.0. The lowest BCUT2D eigenvalue weighted by Gasteiger charge is -2.22. The number of nitrogens with one attached hydrogen (secondary N) is 1. The second-order valence-corrected chi connectivity index (χ2v) is 10.2. The Morgan fingerprint density at radius 1 is 0.833 bits per heavy atom. The van der Waals surface area contributed by atoms with Crippen LogP contribution in [0, 0.1) is 25.2 Å². The predicted molar refractivity (Wildman–Crippen MR) is 144 cm³/mol. The highest BCUT2D eigenvalue weighted by Crippen LogP contribution is 2.44. The van der Waals surface area contributed by atoms with Gasteiger partial charge in [-0.25, -0.2) is 0 Å². The number of rotatable bonds is 11. The first-order valence-electron chi connectivity index (χ1n) is 13.0. The third-order valence-corrected chi connectivity index (χ3v) is 7.32.